The van der Waals surface area contributed by atoms with Crippen molar-refractivity contribution in [1.29, 1.82) is 0 Å². The van der Waals surface area contributed by atoms with Crippen molar-refractivity contribution in [3.05, 3.63) is 53.4 Å². The number of hydrogen-bond acceptors (Lipinski definition) is 7. The maximum absolute atomic E-state index is 13.0. The second-order valence-electron chi connectivity index (χ2n) is 7.63. The zero-order valence-corrected chi connectivity index (χ0v) is 19.3. The van der Waals surface area contributed by atoms with Gasteiger partial charge < -0.3 is 23.6 Å². The van der Waals surface area contributed by atoms with Crippen LogP contribution < -0.4 is 14.2 Å². The summed E-state index contributed by atoms with van der Waals surface area (Å²) in [7, 11) is 4.65. The van der Waals surface area contributed by atoms with Gasteiger partial charge in [0.05, 0.1) is 21.3 Å². The van der Waals surface area contributed by atoms with Crippen LogP contribution in [-0.4, -0.2) is 54.9 Å². The number of nitrogens with zero attached hydrogens (tertiary/aromatic N) is 3. The lowest BCUT2D eigenvalue weighted by Crippen LogP contribution is -2.38. The molecule has 0 unspecified atom stereocenters. The normalized spacial score (nSPS) is 10.8. The quantitative estimate of drug-likeness (QED) is 0.495. The first-order valence-corrected chi connectivity index (χ1v) is 10.4. The molecule has 32 heavy (non-hydrogen) atoms. The van der Waals surface area contributed by atoms with Crippen molar-refractivity contribution in [1.82, 2.24) is 15.0 Å². The van der Waals surface area contributed by atoms with Crippen molar-refractivity contribution in [2.24, 2.45) is 0 Å². The minimum atomic E-state index is -0.0237. The number of aromatic nitrogens is 2. The van der Waals surface area contributed by atoms with E-state index in [0.29, 0.717) is 53.1 Å². The Bertz CT molecular complexity index is 1030. The van der Waals surface area contributed by atoms with Crippen LogP contribution in [-0.2, 0) is 6.42 Å². The van der Waals surface area contributed by atoms with Gasteiger partial charge in [0.2, 0.25) is 17.5 Å². The maximum atomic E-state index is 13.0. The SMILES string of the molecule is COc1cc(-c2noc(CCN(C(=O)c3ccc(C)cc3)C(C)C)n2)cc(OC)c1OC. The number of carbonyl (C=O) groups is 1. The zero-order valence-electron chi connectivity index (χ0n) is 19.3. The Balaban J connectivity index is 1.77. The summed E-state index contributed by atoms with van der Waals surface area (Å²) in [5.41, 5.74) is 2.45. The standard InChI is InChI=1S/C24H29N3O5/c1-15(2)27(24(28)17-9-7-16(3)8-10-17)12-11-21-25-23(26-32-21)18-13-19(29-4)22(31-6)20(14-18)30-5/h7-10,13-15H,11-12H2,1-6H3. The molecule has 0 radical (unpaired) electrons. The van der Waals surface area contributed by atoms with Crippen molar-refractivity contribution in [2.45, 2.75) is 33.2 Å². The maximum Gasteiger partial charge on any atom is 0.254 e. The number of carbonyl (C=O) groups excluding carboxylic acids is 1. The Morgan fingerprint density at radius 3 is 2.19 bits per heavy atom. The fourth-order valence-corrected chi connectivity index (χ4v) is 3.36. The predicted molar refractivity (Wildman–Crippen MR) is 120 cm³/mol. The predicted octanol–water partition coefficient (Wildman–Crippen LogP) is 4.16. The number of methoxy groups -OCH3 is 3. The van der Waals surface area contributed by atoms with Gasteiger partial charge in [0.1, 0.15) is 0 Å². The summed E-state index contributed by atoms with van der Waals surface area (Å²) in [6.07, 6.45) is 0.438. The zero-order chi connectivity index (χ0) is 23.3. The van der Waals surface area contributed by atoms with Gasteiger partial charge >= 0.3 is 0 Å². The molecule has 0 bridgehead atoms. The number of benzene rings is 2. The first-order chi connectivity index (χ1) is 15.4. The Morgan fingerprint density at radius 2 is 1.66 bits per heavy atom. The Kier molecular flexibility index (Phi) is 7.35. The molecule has 0 saturated carbocycles. The van der Waals surface area contributed by atoms with E-state index < -0.39 is 0 Å². The number of rotatable bonds is 9. The van der Waals surface area contributed by atoms with E-state index in [2.05, 4.69) is 10.1 Å². The number of ether oxygens (including phenoxy) is 3. The summed E-state index contributed by atoms with van der Waals surface area (Å²) in [5, 5.41) is 4.09. The molecule has 0 N–H and O–H groups in total. The third-order valence-corrected chi connectivity index (χ3v) is 5.14. The Labute approximate surface area is 188 Å². The van der Waals surface area contributed by atoms with Crippen molar-refractivity contribution in [2.75, 3.05) is 27.9 Å². The molecule has 3 rings (SSSR count). The lowest BCUT2D eigenvalue weighted by atomic mass is 10.1. The summed E-state index contributed by atoms with van der Waals surface area (Å²) in [4.78, 5) is 19.3. The average Bonchev–Trinajstić information content (AvgIpc) is 3.27. The highest BCUT2D eigenvalue weighted by Crippen LogP contribution is 2.40. The van der Waals surface area contributed by atoms with E-state index in [1.165, 1.54) is 0 Å². The van der Waals surface area contributed by atoms with Crippen LogP contribution in [0, 0.1) is 6.92 Å². The van der Waals surface area contributed by atoms with Gasteiger partial charge in [0, 0.05) is 30.1 Å². The van der Waals surface area contributed by atoms with Crippen LogP contribution in [0.3, 0.4) is 0 Å². The topological polar surface area (TPSA) is 86.9 Å². The molecule has 0 atom stereocenters. The molecule has 0 aliphatic heterocycles. The monoisotopic (exact) mass is 439 g/mol. The molecule has 8 nitrogen and oxygen atoms in total. The van der Waals surface area contributed by atoms with E-state index in [4.69, 9.17) is 18.7 Å². The van der Waals surface area contributed by atoms with E-state index in [1.807, 2.05) is 45.0 Å². The smallest absolute Gasteiger partial charge is 0.254 e. The van der Waals surface area contributed by atoms with E-state index >= 15 is 0 Å². The minimum absolute atomic E-state index is 0.0237. The Morgan fingerprint density at radius 1 is 1.03 bits per heavy atom. The lowest BCUT2D eigenvalue weighted by molar-refractivity contribution is 0.0704. The van der Waals surface area contributed by atoms with Crippen LogP contribution >= 0.6 is 0 Å². The molecule has 1 heterocycles. The summed E-state index contributed by atoms with van der Waals surface area (Å²) in [6, 6.07) is 11.1. The molecule has 1 amide bonds. The average molecular weight is 440 g/mol. The number of hydrogen-bond donors (Lipinski definition) is 0. The highest BCUT2D eigenvalue weighted by Gasteiger charge is 2.21. The van der Waals surface area contributed by atoms with E-state index in [0.717, 1.165) is 5.56 Å². The molecule has 3 aromatic rings. The summed E-state index contributed by atoms with van der Waals surface area (Å²) >= 11 is 0. The van der Waals surface area contributed by atoms with Crippen molar-refractivity contribution >= 4 is 5.91 Å². The lowest BCUT2D eigenvalue weighted by Gasteiger charge is -2.26. The molecule has 2 aromatic carbocycles. The van der Waals surface area contributed by atoms with Gasteiger partial charge in [-0.15, -0.1) is 0 Å². The van der Waals surface area contributed by atoms with Gasteiger partial charge in [-0.3, -0.25) is 4.79 Å². The van der Waals surface area contributed by atoms with E-state index in [-0.39, 0.29) is 11.9 Å². The molecule has 0 fully saturated rings. The van der Waals surface area contributed by atoms with Crippen LogP contribution in [0.15, 0.2) is 40.9 Å². The molecule has 0 saturated heterocycles. The molecule has 0 aliphatic carbocycles. The van der Waals surface area contributed by atoms with Crippen LogP contribution in [0.1, 0.15) is 35.7 Å². The summed E-state index contributed by atoms with van der Waals surface area (Å²) in [6.45, 7) is 6.43. The van der Waals surface area contributed by atoms with Crippen molar-refractivity contribution in [3.63, 3.8) is 0 Å². The largest absolute Gasteiger partial charge is 0.493 e. The van der Waals surface area contributed by atoms with Crippen LogP contribution in [0.5, 0.6) is 17.2 Å². The molecule has 170 valence electrons. The summed E-state index contributed by atoms with van der Waals surface area (Å²) in [5.74, 6) is 2.32. The van der Waals surface area contributed by atoms with Crippen molar-refractivity contribution < 1.29 is 23.5 Å². The molecular formula is C24H29N3O5. The minimum Gasteiger partial charge on any atom is -0.493 e. The molecular weight excluding hydrogens is 410 g/mol. The van der Waals surface area contributed by atoms with E-state index in [1.54, 1.807) is 38.4 Å². The van der Waals surface area contributed by atoms with Gasteiger partial charge in [0.25, 0.3) is 5.91 Å². The Hall–Kier alpha value is -3.55. The highest BCUT2D eigenvalue weighted by molar-refractivity contribution is 5.94. The third-order valence-electron chi connectivity index (χ3n) is 5.14. The van der Waals surface area contributed by atoms with Crippen LogP contribution in [0.25, 0.3) is 11.4 Å². The highest BCUT2D eigenvalue weighted by atomic mass is 16.5. The van der Waals surface area contributed by atoms with Gasteiger partial charge in [-0.2, -0.15) is 4.98 Å². The van der Waals surface area contributed by atoms with E-state index in [9.17, 15) is 4.79 Å². The molecule has 0 spiro atoms. The van der Waals surface area contributed by atoms with Gasteiger partial charge in [-0.25, -0.2) is 0 Å². The molecule has 1 aromatic heterocycles. The van der Waals surface area contributed by atoms with Gasteiger partial charge in [-0.05, 0) is 45.0 Å². The summed E-state index contributed by atoms with van der Waals surface area (Å²) < 4.78 is 21.6. The first-order valence-electron chi connectivity index (χ1n) is 10.4. The molecule has 8 heteroatoms. The second-order valence-corrected chi connectivity index (χ2v) is 7.63. The number of amides is 1. The fourth-order valence-electron chi connectivity index (χ4n) is 3.36. The van der Waals surface area contributed by atoms with Gasteiger partial charge in [-0.1, -0.05) is 22.9 Å². The van der Waals surface area contributed by atoms with Gasteiger partial charge in [0.15, 0.2) is 11.5 Å². The third kappa shape index (κ3) is 5.01. The van der Waals surface area contributed by atoms with Crippen LogP contribution in [0.2, 0.25) is 0 Å². The second kappa shape index (κ2) is 10.2. The fraction of sp³-hybridized carbons (Fsp3) is 0.375. The number of aryl methyl sites for hydroxylation is 1. The molecule has 0 aliphatic rings. The van der Waals surface area contributed by atoms with Crippen molar-refractivity contribution in [3.8, 4) is 28.6 Å². The van der Waals surface area contributed by atoms with Crippen LogP contribution in [0.4, 0.5) is 0 Å². The first kappa shape index (κ1) is 23.1.